The molecule has 1 aromatic heterocycles. The summed E-state index contributed by atoms with van der Waals surface area (Å²) in [6, 6.07) is 27.8. The Balaban J connectivity index is 1.35. The number of rotatable bonds is 5. The molecule has 0 aliphatic carbocycles. The van der Waals surface area contributed by atoms with Gasteiger partial charge in [-0.1, -0.05) is 66.4 Å². The zero-order valence-electron chi connectivity index (χ0n) is 17.0. The molecule has 0 unspecified atom stereocenters. The second-order valence-corrected chi connectivity index (χ2v) is 8.27. The van der Waals surface area contributed by atoms with E-state index in [9.17, 15) is 9.18 Å². The number of thioether (sulfide) groups is 1. The first-order chi connectivity index (χ1) is 15.7. The van der Waals surface area contributed by atoms with Gasteiger partial charge < -0.3 is 5.32 Å². The van der Waals surface area contributed by atoms with Crippen LogP contribution in [0.25, 0.3) is 32.8 Å². The van der Waals surface area contributed by atoms with Crippen LogP contribution >= 0.6 is 11.8 Å². The topological polar surface area (TPSA) is 54.9 Å². The molecule has 0 aliphatic heterocycles. The number of carbonyl (C=O) groups excluding carboxylic acids is 1. The van der Waals surface area contributed by atoms with Crippen LogP contribution in [0.1, 0.15) is 0 Å². The standard InChI is InChI=1S/C26H18FN3OS/c27-20-12-9-18(10-13-20)25-22-7-3-4-8-23(22)26(30-29-25)32-16-24(31)28-21-14-11-17-5-1-2-6-19(17)15-21/h1-15H,16H2,(H,28,31). The molecule has 0 fully saturated rings. The molecule has 5 aromatic rings. The quantitative estimate of drug-likeness (QED) is 0.326. The summed E-state index contributed by atoms with van der Waals surface area (Å²) in [7, 11) is 0. The third-order valence-electron chi connectivity index (χ3n) is 5.14. The van der Waals surface area contributed by atoms with Crippen LogP contribution in [0.2, 0.25) is 0 Å². The van der Waals surface area contributed by atoms with E-state index in [0.717, 1.165) is 32.8 Å². The number of amides is 1. The van der Waals surface area contributed by atoms with E-state index in [1.807, 2.05) is 66.7 Å². The van der Waals surface area contributed by atoms with Gasteiger partial charge in [0.25, 0.3) is 0 Å². The normalized spacial score (nSPS) is 11.0. The molecule has 156 valence electrons. The zero-order valence-corrected chi connectivity index (χ0v) is 17.8. The maximum Gasteiger partial charge on any atom is 0.234 e. The Hall–Kier alpha value is -3.77. The lowest BCUT2D eigenvalue weighted by Crippen LogP contribution is -2.14. The third kappa shape index (κ3) is 4.18. The van der Waals surface area contributed by atoms with Crippen LogP contribution in [0.15, 0.2) is 96.0 Å². The lowest BCUT2D eigenvalue weighted by Gasteiger charge is -2.10. The molecule has 6 heteroatoms. The van der Waals surface area contributed by atoms with Gasteiger partial charge in [0.1, 0.15) is 16.5 Å². The summed E-state index contributed by atoms with van der Waals surface area (Å²) >= 11 is 1.34. The molecule has 1 heterocycles. The average Bonchev–Trinajstić information content (AvgIpc) is 2.83. The van der Waals surface area contributed by atoms with Gasteiger partial charge in [0, 0.05) is 22.0 Å². The second-order valence-electron chi connectivity index (χ2n) is 7.31. The molecule has 0 saturated heterocycles. The van der Waals surface area contributed by atoms with Crippen LogP contribution in [0.4, 0.5) is 10.1 Å². The number of halogens is 1. The maximum absolute atomic E-state index is 13.3. The molecule has 1 amide bonds. The predicted molar refractivity (Wildman–Crippen MR) is 128 cm³/mol. The highest BCUT2D eigenvalue weighted by atomic mass is 32.2. The minimum atomic E-state index is -0.296. The van der Waals surface area contributed by atoms with Crippen molar-refractivity contribution < 1.29 is 9.18 Å². The van der Waals surface area contributed by atoms with Crippen molar-refractivity contribution in [1.29, 1.82) is 0 Å². The van der Waals surface area contributed by atoms with Gasteiger partial charge in [-0.2, -0.15) is 0 Å². The van der Waals surface area contributed by atoms with Crippen molar-refractivity contribution in [3.05, 3.63) is 96.8 Å². The first-order valence-corrected chi connectivity index (χ1v) is 11.1. The number of nitrogens with one attached hydrogen (secondary N) is 1. The lowest BCUT2D eigenvalue weighted by atomic mass is 10.1. The summed E-state index contributed by atoms with van der Waals surface area (Å²) in [6.07, 6.45) is 0. The second kappa shape index (κ2) is 8.77. The molecule has 0 radical (unpaired) electrons. The van der Waals surface area contributed by atoms with Crippen LogP contribution in [-0.4, -0.2) is 21.9 Å². The Morgan fingerprint density at radius 2 is 1.53 bits per heavy atom. The summed E-state index contributed by atoms with van der Waals surface area (Å²) in [5.74, 6) is -0.198. The van der Waals surface area contributed by atoms with Crippen molar-refractivity contribution in [2.24, 2.45) is 0 Å². The molecule has 0 atom stereocenters. The Kier molecular flexibility index (Phi) is 5.52. The van der Waals surface area contributed by atoms with E-state index >= 15 is 0 Å². The van der Waals surface area contributed by atoms with E-state index in [1.54, 1.807) is 12.1 Å². The van der Waals surface area contributed by atoms with Gasteiger partial charge in [-0.15, -0.1) is 10.2 Å². The van der Waals surface area contributed by atoms with E-state index in [1.165, 1.54) is 23.9 Å². The summed E-state index contributed by atoms with van der Waals surface area (Å²) in [5, 5.41) is 16.4. The number of anilines is 1. The van der Waals surface area contributed by atoms with E-state index in [0.29, 0.717) is 10.7 Å². The number of hydrogen-bond acceptors (Lipinski definition) is 4. The number of benzene rings is 4. The van der Waals surface area contributed by atoms with Gasteiger partial charge in [-0.25, -0.2) is 4.39 Å². The molecule has 4 nitrogen and oxygen atoms in total. The van der Waals surface area contributed by atoms with Gasteiger partial charge >= 0.3 is 0 Å². The minimum absolute atomic E-state index is 0.112. The van der Waals surface area contributed by atoms with Crippen molar-refractivity contribution in [1.82, 2.24) is 10.2 Å². The van der Waals surface area contributed by atoms with Crippen molar-refractivity contribution in [3.8, 4) is 11.3 Å². The zero-order chi connectivity index (χ0) is 21.9. The fraction of sp³-hybridized carbons (Fsp3) is 0.0385. The summed E-state index contributed by atoms with van der Waals surface area (Å²) in [5.41, 5.74) is 2.24. The molecular formula is C26H18FN3OS. The van der Waals surface area contributed by atoms with Gasteiger partial charge in [-0.05, 0) is 47.2 Å². The highest BCUT2D eigenvalue weighted by Gasteiger charge is 2.13. The van der Waals surface area contributed by atoms with E-state index in [4.69, 9.17) is 0 Å². The number of fused-ring (bicyclic) bond motifs is 2. The summed E-state index contributed by atoms with van der Waals surface area (Å²) in [6.45, 7) is 0. The molecule has 0 saturated carbocycles. The average molecular weight is 440 g/mol. The fourth-order valence-electron chi connectivity index (χ4n) is 3.60. The molecule has 5 rings (SSSR count). The number of aromatic nitrogens is 2. The first-order valence-electron chi connectivity index (χ1n) is 10.1. The summed E-state index contributed by atoms with van der Waals surface area (Å²) in [4.78, 5) is 12.6. The summed E-state index contributed by atoms with van der Waals surface area (Å²) < 4.78 is 13.3. The number of nitrogens with zero attached hydrogens (tertiary/aromatic N) is 2. The third-order valence-corrected chi connectivity index (χ3v) is 6.13. The molecule has 0 aliphatic rings. The van der Waals surface area contributed by atoms with Gasteiger partial charge in [0.05, 0.1) is 5.75 Å². The molecule has 0 spiro atoms. The van der Waals surface area contributed by atoms with Crippen LogP contribution in [0, 0.1) is 5.82 Å². The van der Waals surface area contributed by atoms with E-state index < -0.39 is 0 Å². The SMILES string of the molecule is O=C(CSc1nnc(-c2ccc(F)cc2)c2ccccc12)Nc1ccc2ccccc2c1. The van der Waals surface area contributed by atoms with Crippen molar-refractivity contribution in [2.75, 3.05) is 11.1 Å². The largest absolute Gasteiger partial charge is 0.325 e. The molecular weight excluding hydrogens is 421 g/mol. The Bertz CT molecular complexity index is 1440. The maximum atomic E-state index is 13.3. The predicted octanol–water partition coefficient (Wildman–Crippen LogP) is 6.32. The van der Waals surface area contributed by atoms with Crippen LogP contribution in [0.3, 0.4) is 0 Å². The van der Waals surface area contributed by atoms with E-state index in [-0.39, 0.29) is 17.5 Å². The van der Waals surface area contributed by atoms with E-state index in [2.05, 4.69) is 15.5 Å². The Labute approximate surface area is 188 Å². The Morgan fingerprint density at radius 1 is 0.812 bits per heavy atom. The fourth-order valence-corrected chi connectivity index (χ4v) is 4.38. The Morgan fingerprint density at radius 3 is 2.34 bits per heavy atom. The van der Waals surface area contributed by atoms with Crippen molar-refractivity contribution in [3.63, 3.8) is 0 Å². The minimum Gasteiger partial charge on any atom is -0.325 e. The van der Waals surface area contributed by atoms with Gasteiger partial charge in [-0.3, -0.25) is 4.79 Å². The smallest absolute Gasteiger partial charge is 0.234 e. The van der Waals surface area contributed by atoms with Crippen molar-refractivity contribution >= 4 is 44.9 Å². The lowest BCUT2D eigenvalue weighted by molar-refractivity contribution is -0.113. The molecule has 4 aromatic carbocycles. The number of hydrogen-bond donors (Lipinski definition) is 1. The monoisotopic (exact) mass is 439 g/mol. The molecule has 32 heavy (non-hydrogen) atoms. The molecule has 0 bridgehead atoms. The van der Waals surface area contributed by atoms with Gasteiger partial charge in [0.15, 0.2) is 0 Å². The van der Waals surface area contributed by atoms with Gasteiger partial charge in [0.2, 0.25) is 5.91 Å². The highest BCUT2D eigenvalue weighted by molar-refractivity contribution is 8.00. The van der Waals surface area contributed by atoms with Crippen LogP contribution in [0.5, 0.6) is 0 Å². The molecule has 1 N–H and O–H groups in total. The number of carbonyl (C=O) groups is 1. The van der Waals surface area contributed by atoms with Crippen LogP contribution in [-0.2, 0) is 4.79 Å². The highest BCUT2D eigenvalue weighted by Crippen LogP contribution is 2.32. The van der Waals surface area contributed by atoms with Crippen molar-refractivity contribution in [2.45, 2.75) is 5.03 Å². The van der Waals surface area contributed by atoms with Crippen LogP contribution < -0.4 is 5.32 Å². The first kappa shape index (κ1) is 20.2.